The highest BCUT2D eigenvalue weighted by Crippen LogP contribution is 2.24. The number of hydrogen-bond acceptors (Lipinski definition) is 3. The maximum atomic E-state index is 12.5. The van der Waals surface area contributed by atoms with Crippen LogP contribution < -0.4 is 0 Å². The van der Waals surface area contributed by atoms with Gasteiger partial charge in [-0.1, -0.05) is 6.42 Å². The van der Waals surface area contributed by atoms with Crippen LogP contribution in [0.2, 0.25) is 0 Å². The fourth-order valence-electron chi connectivity index (χ4n) is 3.17. The number of piperazine rings is 1. The lowest BCUT2D eigenvalue weighted by atomic mass is 9.99. The number of amides is 1. The van der Waals surface area contributed by atoms with Crippen molar-refractivity contribution in [3.05, 3.63) is 27.3 Å². The molecular formula is C15H19IN2O2. The molecule has 0 aromatic heterocycles. The van der Waals surface area contributed by atoms with Crippen molar-refractivity contribution in [1.29, 1.82) is 0 Å². The molecule has 2 aliphatic rings. The highest BCUT2D eigenvalue weighted by Gasteiger charge is 2.31. The van der Waals surface area contributed by atoms with Crippen molar-refractivity contribution in [2.45, 2.75) is 25.3 Å². The van der Waals surface area contributed by atoms with Crippen molar-refractivity contribution in [2.24, 2.45) is 0 Å². The third-order valence-corrected chi connectivity index (χ3v) is 5.23. The zero-order valence-corrected chi connectivity index (χ0v) is 13.5. The zero-order valence-electron chi connectivity index (χ0n) is 11.4. The molecule has 0 spiro atoms. The van der Waals surface area contributed by atoms with Crippen molar-refractivity contribution in [2.75, 3.05) is 26.2 Å². The molecule has 1 aromatic rings. The van der Waals surface area contributed by atoms with Crippen molar-refractivity contribution in [3.63, 3.8) is 0 Å². The number of phenols is 1. The molecule has 0 bridgehead atoms. The lowest BCUT2D eigenvalue weighted by Crippen LogP contribution is -2.56. The van der Waals surface area contributed by atoms with E-state index in [0.29, 0.717) is 11.6 Å². The van der Waals surface area contributed by atoms with Crippen LogP contribution in [0.3, 0.4) is 0 Å². The number of piperidine rings is 1. The van der Waals surface area contributed by atoms with Crippen molar-refractivity contribution in [3.8, 4) is 5.75 Å². The lowest BCUT2D eigenvalue weighted by molar-refractivity contribution is 0.0372. The molecule has 0 saturated carbocycles. The Morgan fingerprint density at radius 1 is 1.25 bits per heavy atom. The summed E-state index contributed by atoms with van der Waals surface area (Å²) in [5, 5.41) is 9.75. The second-order valence-electron chi connectivity index (χ2n) is 5.60. The van der Waals surface area contributed by atoms with Gasteiger partial charge in [0.2, 0.25) is 0 Å². The van der Waals surface area contributed by atoms with Gasteiger partial charge in [-0.2, -0.15) is 0 Å². The first-order valence-corrected chi connectivity index (χ1v) is 8.25. The smallest absolute Gasteiger partial charge is 0.254 e. The lowest BCUT2D eigenvalue weighted by Gasteiger charge is -2.44. The molecule has 108 valence electrons. The number of fused-ring (bicyclic) bond motifs is 1. The van der Waals surface area contributed by atoms with Crippen LogP contribution in [0.25, 0.3) is 0 Å². The van der Waals surface area contributed by atoms with Gasteiger partial charge in [-0.25, -0.2) is 0 Å². The minimum absolute atomic E-state index is 0.0434. The minimum Gasteiger partial charge on any atom is -0.507 e. The van der Waals surface area contributed by atoms with Crippen molar-refractivity contribution >= 4 is 28.5 Å². The highest BCUT2D eigenvalue weighted by molar-refractivity contribution is 14.1. The number of nitrogens with zero attached hydrogens (tertiary/aromatic N) is 2. The molecule has 5 heteroatoms. The molecule has 4 nitrogen and oxygen atoms in total. The summed E-state index contributed by atoms with van der Waals surface area (Å²) in [6.45, 7) is 3.78. The molecule has 1 unspecified atom stereocenters. The topological polar surface area (TPSA) is 43.8 Å². The normalized spacial score (nSPS) is 23.4. The number of carbonyl (C=O) groups is 1. The largest absolute Gasteiger partial charge is 0.507 e. The summed E-state index contributed by atoms with van der Waals surface area (Å²) in [7, 11) is 0. The van der Waals surface area contributed by atoms with E-state index < -0.39 is 0 Å². The second kappa shape index (κ2) is 5.89. The SMILES string of the molecule is O=C(c1ccc(I)c(O)c1)N1CCN2CCCCC2C1. The van der Waals surface area contributed by atoms with Crippen LogP contribution >= 0.6 is 22.6 Å². The Balaban J connectivity index is 1.72. The van der Waals surface area contributed by atoms with E-state index in [1.54, 1.807) is 18.2 Å². The Morgan fingerprint density at radius 2 is 2.10 bits per heavy atom. The van der Waals surface area contributed by atoms with Gasteiger partial charge in [0.05, 0.1) is 3.57 Å². The van der Waals surface area contributed by atoms with Gasteiger partial charge in [0.25, 0.3) is 5.91 Å². The van der Waals surface area contributed by atoms with Crippen LogP contribution in [0.1, 0.15) is 29.6 Å². The molecule has 2 heterocycles. The van der Waals surface area contributed by atoms with Gasteiger partial charge in [-0.05, 0) is 60.2 Å². The number of carbonyl (C=O) groups excluding carboxylic acids is 1. The Labute approximate surface area is 132 Å². The summed E-state index contributed by atoms with van der Waals surface area (Å²) in [5.41, 5.74) is 0.590. The summed E-state index contributed by atoms with van der Waals surface area (Å²) >= 11 is 2.06. The molecule has 1 N–H and O–H groups in total. The molecule has 1 atom stereocenters. The van der Waals surface area contributed by atoms with Crippen LogP contribution in [0.5, 0.6) is 5.75 Å². The van der Waals surface area contributed by atoms with Crippen LogP contribution in [-0.2, 0) is 0 Å². The monoisotopic (exact) mass is 386 g/mol. The maximum Gasteiger partial charge on any atom is 0.254 e. The van der Waals surface area contributed by atoms with Gasteiger partial charge in [0.15, 0.2) is 0 Å². The third kappa shape index (κ3) is 2.79. The quantitative estimate of drug-likeness (QED) is 0.754. The summed E-state index contributed by atoms with van der Waals surface area (Å²) in [6, 6.07) is 5.70. The third-order valence-electron chi connectivity index (χ3n) is 4.32. The second-order valence-corrected chi connectivity index (χ2v) is 6.77. The highest BCUT2D eigenvalue weighted by atomic mass is 127. The Bertz CT molecular complexity index is 521. The predicted molar refractivity (Wildman–Crippen MR) is 85.9 cm³/mol. The number of halogens is 1. The minimum atomic E-state index is 0.0434. The molecule has 2 aliphatic heterocycles. The van der Waals surface area contributed by atoms with Gasteiger partial charge in [0.1, 0.15) is 5.75 Å². The summed E-state index contributed by atoms with van der Waals surface area (Å²) in [4.78, 5) is 17.0. The van der Waals surface area contributed by atoms with Gasteiger partial charge in [-0.3, -0.25) is 9.69 Å². The first-order chi connectivity index (χ1) is 9.65. The van der Waals surface area contributed by atoms with E-state index in [9.17, 15) is 9.90 Å². The molecule has 2 fully saturated rings. The van der Waals surface area contributed by atoms with Crippen LogP contribution in [-0.4, -0.2) is 53.0 Å². The van der Waals surface area contributed by atoms with E-state index >= 15 is 0 Å². The maximum absolute atomic E-state index is 12.5. The number of phenolic OH excluding ortho intramolecular Hbond substituents is 1. The van der Waals surface area contributed by atoms with Gasteiger partial charge >= 0.3 is 0 Å². The molecule has 3 rings (SSSR count). The Kier molecular flexibility index (Phi) is 4.16. The summed E-state index contributed by atoms with van der Waals surface area (Å²) in [5.74, 6) is 0.231. The summed E-state index contributed by atoms with van der Waals surface area (Å²) < 4.78 is 0.774. The van der Waals surface area contributed by atoms with E-state index in [1.165, 1.54) is 25.8 Å². The molecule has 2 saturated heterocycles. The number of aromatic hydroxyl groups is 1. The fourth-order valence-corrected chi connectivity index (χ4v) is 3.50. The fraction of sp³-hybridized carbons (Fsp3) is 0.533. The molecule has 0 aliphatic carbocycles. The van der Waals surface area contributed by atoms with E-state index in [0.717, 1.165) is 23.2 Å². The van der Waals surface area contributed by atoms with E-state index in [-0.39, 0.29) is 11.7 Å². The van der Waals surface area contributed by atoms with Gasteiger partial charge in [0, 0.05) is 31.2 Å². The van der Waals surface area contributed by atoms with Crippen molar-refractivity contribution < 1.29 is 9.90 Å². The van der Waals surface area contributed by atoms with E-state index in [1.807, 2.05) is 4.90 Å². The average Bonchev–Trinajstić information content (AvgIpc) is 2.49. The van der Waals surface area contributed by atoms with E-state index in [2.05, 4.69) is 27.5 Å². The number of hydrogen-bond donors (Lipinski definition) is 1. The molecule has 1 amide bonds. The Morgan fingerprint density at radius 3 is 2.90 bits per heavy atom. The Hall–Kier alpha value is -0.820. The molecular weight excluding hydrogens is 367 g/mol. The number of benzene rings is 1. The standard InChI is InChI=1S/C15H19IN2O2/c16-13-5-4-11(9-14(13)19)15(20)18-8-7-17-6-2-1-3-12(17)10-18/h4-5,9,12,19H,1-3,6-8,10H2. The number of rotatable bonds is 1. The molecule has 1 aromatic carbocycles. The predicted octanol–water partition coefficient (Wildman–Crippen LogP) is 2.31. The first kappa shape index (κ1) is 14.1. The van der Waals surface area contributed by atoms with Crippen LogP contribution in [0.15, 0.2) is 18.2 Å². The van der Waals surface area contributed by atoms with Gasteiger partial charge in [-0.15, -0.1) is 0 Å². The van der Waals surface area contributed by atoms with Crippen LogP contribution in [0, 0.1) is 3.57 Å². The van der Waals surface area contributed by atoms with E-state index in [4.69, 9.17) is 0 Å². The average molecular weight is 386 g/mol. The van der Waals surface area contributed by atoms with Crippen LogP contribution in [0.4, 0.5) is 0 Å². The van der Waals surface area contributed by atoms with Crippen molar-refractivity contribution in [1.82, 2.24) is 9.80 Å². The summed E-state index contributed by atoms with van der Waals surface area (Å²) in [6.07, 6.45) is 3.75. The molecule has 0 radical (unpaired) electrons. The zero-order chi connectivity index (χ0) is 14.1. The first-order valence-electron chi connectivity index (χ1n) is 7.17. The van der Waals surface area contributed by atoms with Gasteiger partial charge < -0.3 is 10.0 Å². The molecule has 20 heavy (non-hydrogen) atoms.